The number of piperidine rings is 1. The van der Waals surface area contributed by atoms with E-state index in [1.165, 1.54) is 12.8 Å². The smallest absolute Gasteiger partial charge is 0.152 e. The van der Waals surface area contributed by atoms with Crippen LogP contribution in [0.4, 0.5) is 0 Å². The van der Waals surface area contributed by atoms with Gasteiger partial charge in [-0.05, 0) is 50.9 Å². The largest absolute Gasteiger partial charge is 0.460 e. The molecule has 4 heteroatoms. The summed E-state index contributed by atoms with van der Waals surface area (Å²) in [7, 11) is 0. The van der Waals surface area contributed by atoms with E-state index in [-0.39, 0.29) is 0 Å². The molecule has 0 aliphatic carbocycles. The number of hydrogen-bond acceptors (Lipinski definition) is 3. The number of nitrogens with one attached hydrogen (secondary N) is 2. The molecule has 0 radical (unpaired) electrons. The van der Waals surface area contributed by atoms with Crippen LogP contribution in [-0.2, 0) is 6.42 Å². The summed E-state index contributed by atoms with van der Waals surface area (Å²) in [5.41, 5.74) is 0.979. The highest BCUT2D eigenvalue weighted by Gasteiger charge is 2.15. The summed E-state index contributed by atoms with van der Waals surface area (Å²) in [6, 6.07) is 3.96. The highest BCUT2D eigenvalue weighted by molar-refractivity contribution is 5.51. The van der Waals surface area contributed by atoms with Crippen molar-refractivity contribution in [2.24, 2.45) is 5.92 Å². The lowest BCUT2D eigenvalue weighted by atomic mass is 9.94. The van der Waals surface area contributed by atoms with Crippen LogP contribution in [0.3, 0.4) is 0 Å². The van der Waals surface area contributed by atoms with E-state index in [1.54, 1.807) is 0 Å². The summed E-state index contributed by atoms with van der Waals surface area (Å²) in [6.45, 7) is 4.22. The number of rotatable bonds is 3. The van der Waals surface area contributed by atoms with Crippen molar-refractivity contribution in [3.63, 3.8) is 0 Å². The summed E-state index contributed by atoms with van der Waals surface area (Å²) in [5, 5.41) is 3.39. The van der Waals surface area contributed by atoms with Gasteiger partial charge in [0.2, 0.25) is 0 Å². The van der Waals surface area contributed by atoms with Crippen LogP contribution in [0.1, 0.15) is 24.4 Å². The second kappa shape index (κ2) is 4.98. The number of nitrogens with zero attached hydrogens (tertiary/aromatic N) is 1. The molecular weight excluding hydrogens is 226 g/mol. The fourth-order valence-corrected chi connectivity index (χ4v) is 2.53. The van der Waals surface area contributed by atoms with E-state index in [4.69, 9.17) is 4.42 Å². The summed E-state index contributed by atoms with van der Waals surface area (Å²) in [6.07, 6.45) is 5.40. The first-order valence-corrected chi connectivity index (χ1v) is 6.62. The van der Waals surface area contributed by atoms with Gasteiger partial charge < -0.3 is 14.7 Å². The lowest BCUT2D eigenvalue weighted by Crippen LogP contribution is -2.28. The van der Waals surface area contributed by atoms with Crippen molar-refractivity contribution in [3.05, 3.63) is 29.9 Å². The fraction of sp³-hybridized carbons (Fsp3) is 0.500. The van der Waals surface area contributed by atoms with E-state index in [2.05, 4.69) is 15.3 Å². The van der Waals surface area contributed by atoms with Crippen LogP contribution in [0.15, 0.2) is 22.7 Å². The van der Waals surface area contributed by atoms with Crippen molar-refractivity contribution >= 4 is 0 Å². The van der Waals surface area contributed by atoms with E-state index < -0.39 is 0 Å². The Labute approximate surface area is 107 Å². The average molecular weight is 245 g/mol. The van der Waals surface area contributed by atoms with Crippen LogP contribution in [-0.4, -0.2) is 23.1 Å². The minimum absolute atomic E-state index is 0.753. The molecule has 0 aromatic carbocycles. The molecule has 0 saturated carbocycles. The third-order valence-corrected chi connectivity index (χ3v) is 3.58. The van der Waals surface area contributed by atoms with Crippen molar-refractivity contribution in [1.82, 2.24) is 15.3 Å². The minimum atomic E-state index is 0.753. The first-order chi connectivity index (χ1) is 8.81. The molecule has 3 heterocycles. The molecule has 2 aromatic heterocycles. The van der Waals surface area contributed by atoms with E-state index in [9.17, 15) is 0 Å². The van der Waals surface area contributed by atoms with Gasteiger partial charge in [0.1, 0.15) is 17.3 Å². The van der Waals surface area contributed by atoms with Gasteiger partial charge in [-0.3, -0.25) is 0 Å². The normalized spacial score (nSPS) is 17.2. The average Bonchev–Trinajstić information content (AvgIpc) is 2.99. The van der Waals surface area contributed by atoms with E-state index in [0.29, 0.717) is 0 Å². The Hall–Kier alpha value is -1.55. The highest BCUT2D eigenvalue weighted by atomic mass is 16.3. The maximum absolute atomic E-state index is 5.59. The zero-order chi connectivity index (χ0) is 12.4. The van der Waals surface area contributed by atoms with Gasteiger partial charge in [-0.2, -0.15) is 0 Å². The molecule has 1 aliphatic rings. The molecular formula is C14H19N3O. The summed E-state index contributed by atoms with van der Waals surface area (Å²) < 4.78 is 5.59. The van der Waals surface area contributed by atoms with Crippen molar-refractivity contribution in [3.8, 4) is 11.5 Å². The van der Waals surface area contributed by atoms with Crippen LogP contribution >= 0.6 is 0 Å². The lowest BCUT2D eigenvalue weighted by Gasteiger charge is -2.21. The molecule has 0 atom stereocenters. The summed E-state index contributed by atoms with van der Waals surface area (Å²) in [5.74, 6) is 3.63. The molecule has 0 unspecified atom stereocenters. The zero-order valence-corrected chi connectivity index (χ0v) is 10.7. The number of furan rings is 1. The zero-order valence-electron chi connectivity index (χ0n) is 10.7. The van der Waals surface area contributed by atoms with Crippen molar-refractivity contribution in [1.29, 1.82) is 0 Å². The number of imidazole rings is 1. The lowest BCUT2D eigenvalue weighted by molar-refractivity contribution is 0.368. The van der Waals surface area contributed by atoms with Crippen LogP contribution < -0.4 is 5.32 Å². The molecule has 2 N–H and O–H groups in total. The molecule has 3 rings (SSSR count). The Bertz CT molecular complexity index is 509. The number of aromatic nitrogens is 2. The molecule has 96 valence electrons. The SMILES string of the molecule is Cc1ccc(-c2cnc(CC3CCNCC3)[nH]2)o1. The Balaban J connectivity index is 1.69. The van der Waals surface area contributed by atoms with Crippen molar-refractivity contribution in [2.45, 2.75) is 26.2 Å². The number of H-pyrrole nitrogens is 1. The predicted molar refractivity (Wildman–Crippen MR) is 70.3 cm³/mol. The molecule has 18 heavy (non-hydrogen) atoms. The third kappa shape index (κ3) is 2.48. The van der Waals surface area contributed by atoms with Crippen molar-refractivity contribution in [2.75, 3.05) is 13.1 Å². The Morgan fingerprint density at radius 3 is 2.89 bits per heavy atom. The van der Waals surface area contributed by atoms with Gasteiger partial charge in [0.25, 0.3) is 0 Å². The summed E-state index contributed by atoms with van der Waals surface area (Å²) >= 11 is 0. The first kappa shape index (κ1) is 11.5. The number of aromatic amines is 1. The molecule has 4 nitrogen and oxygen atoms in total. The Morgan fingerprint density at radius 2 is 2.17 bits per heavy atom. The van der Waals surface area contributed by atoms with Crippen LogP contribution in [0, 0.1) is 12.8 Å². The van der Waals surface area contributed by atoms with Gasteiger partial charge >= 0.3 is 0 Å². The predicted octanol–water partition coefficient (Wildman–Crippen LogP) is 2.52. The van der Waals surface area contributed by atoms with Gasteiger partial charge in [-0.25, -0.2) is 4.98 Å². The molecule has 1 fully saturated rings. The highest BCUT2D eigenvalue weighted by Crippen LogP contribution is 2.22. The Kier molecular flexibility index (Phi) is 3.19. The van der Waals surface area contributed by atoms with Gasteiger partial charge in [-0.15, -0.1) is 0 Å². The molecule has 0 spiro atoms. The van der Waals surface area contributed by atoms with Gasteiger partial charge in [0.05, 0.1) is 6.20 Å². The van der Waals surface area contributed by atoms with Crippen molar-refractivity contribution < 1.29 is 4.42 Å². The molecule has 1 saturated heterocycles. The second-order valence-corrected chi connectivity index (χ2v) is 5.05. The molecule has 0 bridgehead atoms. The molecule has 0 amide bonds. The van der Waals surface area contributed by atoms with E-state index in [1.807, 2.05) is 25.3 Å². The van der Waals surface area contributed by atoms with E-state index in [0.717, 1.165) is 48.5 Å². The van der Waals surface area contributed by atoms with Crippen LogP contribution in [0.2, 0.25) is 0 Å². The molecule has 2 aromatic rings. The first-order valence-electron chi connectivity index (χ1n) is 6.62. The van der Waals surface area contributed by atoms with Gasteiger partial charge in [0.15, 0.2) is 5.76 Å². The monoisotopic (exact) mass is 245 g/mol. The maximum atomic E-state index is 5.59. The fourth-order valence-electron chi connectivity index (χ4n) is 2.53. The van der Waals surface area contributed by atoms with E-state index >= 15 is 0 Å². The summed E-state index contributed by atoms with van der Waals surface area (Å²) in [4.78, 5) is 7.82. The van der Waals surface area contributed by atoms with Gasteiger partial charge in [-0.1, -0.05) is 0 Å². The minimum Gasteiger partial charge on any atom is -0.460 e. The van der Waals surface area contributed by atoms with Crippen LogP contribution in [0.5, 0.6) is 0 Å². The maximum Gasteiger partial charge on any atom is 0.152 e. The second-order valence-electron chi connectivity index (χ2n) is 5.05. The van der Waals surface area contributed by atoms with Crippen LogP contribution in [0.25, 0.3) is 11.5 Å². The third-order valence-electron chi connectivity index (χ3n) is 3.58. The standard InChI is InChI=1S/C14H19N3O/c1-10-2-3-13(18-10)12-9-16-14(17-12)8-11-4-6-15-7-5-11/h2-3,9,11,15H,4-8H2,1H3,(H,16,17). The topological polar surface area (TPSA) is 53.9 Å². The number of hydrogen-bond donors (Lipinski definition) is 2. The quantitative estimate of drug-likeness (QED) is 0.873. The number of aryl methyl sites for hydroxylation is 1. The molecule has 1 aliphatic heterocycles. The van der Waals surface area contributed by atoms with Gasteiger partial charge in [0, 0.05) is 6.42 Å². The Morgan fingerprint density at radius 1 is 1.33 bits per heavy atom.